The number of hydrogen-bond donors (Lipinski definition) is 0. The van der Waals surface area contributed by atoms with Gasteiger partial charge in [-0.25, -0.2) is 19.6 Å². The molecule has 0 aromatic heterocycles. The van der Waals surface area contributed by atoms with Gasteiger partial charge in [-0.2, -0.15) is 0 Å². The fourth-order valence-corrected chi connectivity index (χ4v) is 5.22. The SMILES string of the molecule is Cc1cccc(CCN2CC3CC(C2)N(C(=O)OCc2ccccc2)N3C(=O)OCc2ccccc2)c1. The number of ether oxygens (including phenoxy) is 2. The molecule has 2 aliphatic rings. The normalized spacial score (nSPS) is 19.1. The number of amides is 2. The number of aryl methyl sites for hydroxylation is 1. The second-order valence-electron chi connectivity index (χ2n) is 9.81. The number of fused-ring (bicyclic) bond motifs is 2. The maximum Gasteiger partial charge on any atom is 0.429 e. The Kier molecular flexibility index (Phi) is 7.70. The minimum atomic E-state index is -0.520. The number of carbonyl (C=O) groups is 2. The summed E-state index contributed by atoms with van der Waals surface area (Å²) >= 11 is 0. The zero-order valence-electron chi connectivity index (χ0n) is 21.2. The van der Waals surface area contributed by atoms with E-state index in [0.717, 1.165) is 24.1 Å². The second kappa shape index (κ2) is 11.5. The molecule has 7 heteroatoms. The monoisotopic (exact) mass is 499 g/mol. The van der Waals surface area contributed by atoms with Gasteiger partial charge in [0.05, 0.1) is 12.1 Å². The number of carbonyl (C=O) groups excluding carboxylic acids is 2. The van der Waals surface area contributed by atoms with Crippen molar-refractivity contribution >= 4 is 12.2 Å². The fraction of sp³-hybridized carbons (Fsp3) is 0.333. The molecule has 3 aromatic rings. The van der Waals surface area contributed by atoms with Crippen LogP contribution in [0.1, 0.15) is 28.7 Å². The van der Waals surface area contributed by atoms with Gasteiger partial charge >= 0.3 is 12.2 Å². The van der Waals surface area contributed by atoms with Crippen LogP contribution >= 0.6 is 0 Å². The summed E-state index contributed by atoms with van der Waals surface area (Å²) in [5, 5.41) is 2.99. The molecule has 2 amide bonds. The molecule has 7 nitrogen and oxygen atoms in total. The van der Waals surface area contributed by atoms with E-state index in [1.807, 2.05) is 60.7 Å². The van der Waals surface area contributed by atoms with Gasteiger partial charge in [-0.1, -0.05) is 90.5 Å². The first-order valence-corrected chi connectivity index (χ1v) is 12.8. The smallest absolute Gasteiger partial charge is 0.429 e. The van der Waals surface area contributed by atoms with E-state index in [1.165, 1.54) is 21.1 Å². The molecule has 2 bridgehead atoms. The van der Waals surface area contributed by atoms with Crippen LogP contribution in [0, 0.1) is 6.92 Å². The number of likely N-dealkylation sites (tertiary alicyclic amines) is 1. The molecule has 2 fully saturated rings. The molecule has 2 aliphatic heterocycles. The Hall–Kier alpha value is -3.84. The van der Waals surface area contributed by atoms with Crippen LogP contribution in [-0.4, -0.2) is 58.8 Å². The van der Waals surface area contributed by atoms with Crippen LogP contribution in [0.15, 0.2) is 84.9 Å². The highest BCUT2D eigenvalue weighted by Crippen LogP contribution is 2.32. The van der Waals surface area contributed by atoms with Crippen LogP contribution in [0.3, 0.4) is 0 Å². The summed E-state index contributed by atoms with van der Waals surface area (Å²) in [5.41, 5.74) is 4.33. The molecule has 37 heavy (non-hydrogen) atoms. The van der Waals surface area contributed by atoms with Gasteiger partial charge in [-0.15, -0.1) is 0 Å². The molecule has 0 aliphatic carbocycles. The highest BCUT2D eigenvalue weighted by molar-refractivity contribution is 5.76. The zero-order chi connectivity index (χ0) is 25.6. The van der Waals surface area contributed by atoms with Gasteiger partial charge in [0.25, 0.3) is 0 Å². The van der Waals surface area contributed by atoms with Crippen LogP contribution in [0.2, 0.25) is 0 Å². The summed E-state index contributed by atoms with van der Waals surface area (Å²) in [5.74, 6) is 0. The first-order chi connectivity index (χ1) is 18.1. The van der Waals surface area contributed by atoms with E-state index in [2.05, 4.69) is 36.1 Å². The number of nitrogens with zero attached hydrogens (tertiary/aromatic N) is 3. The molecule has 5 rings (SSSR count). The summed E-state index contributed by atoms with van der Waals surface area (Å²) in [7, 11) is 0. The Morgan fingerprint density at radius 1 is 0.730 bits per heavy atom. The van der Waals surface area contributed by atoms with Crippen molar-refractivity contribution < 1.29 is 19.1 Å². The lowest BCUT2D eigenvalue weighted by Crippen LogP contribution is -2.50. The Labute approximate surface area is 218 Å². The van der Waals surface area contributed by atoms with E-state index in [4.69, 9.17) is 9.47 Å². The number of piperidine rings is 1. The summed E-state index contributed by atoms with van der Waals surface area (Å²) < 4.78 is 11.3. The molecule has 2 saturated heterocycles. The molecule has 0 radical (unpaired) electrons. The standard InChI is InChI=1S/C30H33N3O4/c1-23-9-8-14-24(17-23)15-16-31-19-27-18-28(20-31)33(30(35)37-22-26-12-6-3-7-13-26)32(27)29(34)36-21-25-10-4-2-5-11-25/h2-14,17,27-28H,15-16,18-22H2,1H3. The lowest BCUT2D eigenvalue weighted by Gasteiger charge is -2.30. The number of rotatable bonds is 7. The zero-order valence-corrected chi connectivity index (χ0v) is 21.2. The molecular weight excluding hydrogens is 466 g/mol. The molecule has 2 unspecified atom stereocenters. The predicted molar refractivity (Wildman–Crippen MR) is 140 cm³/mol. The largest absolute Gasteiger partial charge is 0.443 e. The minimum absolute atomic E-state index is 0.149. The minimum Gasteiger partial charge on any atom is -0.443 e. The number of benzene rings is 3. The van der Waals surface area contributed by atoms with Crippen LogP contribution in [-0.2, 0) is 29.1 Å². The molecule has 2 atom stereocenters. The van der Waals surface area contributed by atoms with Crippen molar-refractivity contribution in [2.24, 2.45) is 0 Å². The molecule has 3 aromatic carbocycles. The van der Waals surface area contributed by atoms with Crippen molar-refractivity contribution in [1.29, 1.82) is 0 Å². The molecule has 0 saturated carbocycles. The molecule has 192 valence electrons. The highest BCUT2D eigenvalue weighted by Gasteiger charge is 2.50. The summed E-state index contributed by atoms with van der Waals surface area (Å²) in [6.45, 7) is 4.63. The van der Waals surface area contributed by atoms with Gasteiger partial charge in [-0.05, 0) is 36.5 Å². The summed E-state index contributed by atoms with van der Waals surface area (Å²) in [4.78, 5) is 29.0. The number of hydrazine groups is 1. The summed E-state index contributed by atoms with van der Waals surface area (Å²) in [6.07, 6.45) is 0.585. The van der Waals surface area contributed by atoms with E-state index < -0.39 is 12.2 Å². The van der Waals surface area contributed by atoms with Crippen LogP contribution in [0.5, 0.6) is 0 Å². The van der Waals surface area contributed by atoms with E-state index in [0.29, 0.717) is 19.5 Å². The first kappa shape index (κ1) is 24.8. The van der Waals surface area contributed by atoms with Crippen LogP contribution in [0.25, 0.3) is 0 Å². The third-order valence-corrected chi connectivity index (χ3v) is 6.99. The van der Waals surface area contributed by atoms with E-state index in [9.17, 15) is 9.59 Å². The fourth-order valence-electron chi connectivity index (χ4n) is 5.22. The van der Waals surface area contributed by atoms with E-state index >= 15 is 0 Å². The van der Waals surface area contributed by atoms with Crippen molar-refractivity contribution in [3.63, 3.8) is 0 Å². The Bertz CT molecular complexity index is 1130. The van der Waals surface area contributed by atoms with Crippen molar-refractivity contribution in [2.75, 3.05) is 19.6 Å². The quantitative estimate of drug-likeness (QED) is 0.448. The lowest BCUT2D eigenvalue weighted by atomic mass is 10.0. The molecule has 2 heterocycles. The summed E-state index contributed by atoms with van der Waals surface area (Å²) in [6, 6.07) is 27.4. The van der Waals surface area contributed by atoms with Crippen molar-refractivity contribution in [2.45, 2.75) is 45.1 Å². The van der Waals surface area contributed by atoms with E-state index in [1.54, 1.807) is 0 Å². The van der Waals surface area contributed by atoms with Gasteiger partial charge in [0.15, 0.2) is 0 Å². The Morgan fingerprint density at radius 3 is 1.76 bits per heavy atom. The van der Waals surface area contributed by atoms with Gasteiger partial charge in [0, 0.05) is 19.6 Å². The van der Waals surface area contributed by atoms with Crippen molar-refractivity contribution in [1.82, 2.24) is 14.9 Å². The lowest BCUT2D eigenvalue weighted by molar-refractivity contribution is -0.0199. The van der Waals surface area contributed by atoms with Crippen molar-refractivity contribution in [3.05, 3.63) is 107 Å². The number of hydrogen-bond acceptors (Lipinski definition) is 5. The van der Waals surface area contributed by atoms with Crippen molar-refractivity contribution in [3.8, 4) is 0 Å². The Balaban J connectivity index is 1.28. The van der Waals surface area contributed by atoms with Crippen LogP contribution in [0.4, 0.5) is 9.59 Å². The molecule has 0 spiro atoms. The van der Waals surface area contributed by atoms with E-state index in [-0.39, 0.29) is 25.3 Å². The predicted octanol–water partition coefficient (Wildman–Crippen LogP) is 5.19. The Morgan fingerprint density at radius 2 is 1.24 bits per heavy atom. The van der Waals surface area contributed by atoms with Gasteiger partial charge in [0.1, 0.15) is 13.2 Å². The first-order valence-electron chi connectivity index (χ1n) is 12.8. The van der Waals surface area contributed by atoms with Gasteiger partial charge in [-0.3, -0.25) is 4.90 Å². The topological polar surface area (TPSA) is 62.3 Å². The second-order valence-corrected chi connectivity index (χ2v) is 9.81. The highest BCUT2D eigenvalue weighted by atomic mass is 16.6. The average Bonchev–Trinajstić information content (AvgIpc) is 3.20. The van der Waals surface area contributed by atoms with Crippen LogP contribution < -0.4 is 0 Å². The third-order valence-electron chi connectivity index (χ3n) is 6.99. The third kappa shape index (κ3) is 6.12. The maximum atomic E-state index is 13.3. The van der Waals surface area contributed by atoms with Gasteiger partial charge in [0.2, 0.25) is 0 Å². The molecular formula is C30H33N3O4. The average molecular weight is 500 g/mol. The maximum absolute atomic E-state index is 13.3. The molecule has 0 N–H and O–H groups in total. The van der Waals surface area contributed by atoms with Gasteiger partial charge < -0.3 is 9.47 Å².